The Morgan fingerprint density at radius 2 is 2.29 bits per heavy atom. The third-order valence-electron chi connectivity index (χ3n) is 2.05. The summed E-state index contributed by atoms with van der Waals surface area (Å²) in [5.74, 6) is -0.391. The minimum absolute atomic E-state index is 0.391. The Balaban J connectivity index is 2.45. The quantitative estimate of drug-likeness (QED) is 0.530. The second kappa shape index (κ2) is 3.06. The van der Waals surface area contributed by atoms with Crippen LogP contribution in [0.25, 0.3) is 5.57 Å². The standard InChI is InChI=1S/C10H9N2O2/c1-14-10(13)8-5-12-9-3-2-6(11)4-7(8)9/h2-5H,11H2,1H3. The molecule has 0 aliphatic carbocycles. The Labute approximate surface area is 81.4 Å². The van der Waals surface area contributed by atoms with Crippen LogP contribution >= 0.6 is 0 Å². The summed E-state index contributed by atoms with van der Waals surface area (Å²) >= 11 is 0. The molecule has 0 amide bonds. The molecule has 1 aliphatic heterocycles. The van der Waals surface area contributed by atoms with Gasteiger partial charge in [-0.2, -0.15) is 0 Å². The van der Waals surface area contributed by atoms with Crippen molar-refractivity contribution in [2.75, 3.05) is 12.8 Å². The number of carbonyl (C=O) groups excluding carboxylic acids is 1. The number of nitrogens with two attached hydrogens (primary N) is 1. The average Bonchev–Trinajstić information content (AvgIpc) is 2.59. The molecule has 2 N–H and O–H groups in total. The second-order valence-corrected chi connectivity index (χ2v) is 2.94. The number of benzene rings is 1. The van der Waals surface area contributed by atoms with Gasteiger partial charge in [-0.3, -0.25) is 5.32 Å². The van der Waals surface area contributed by atoms with Gasteiger partial charge < -0.3 is 10.5 Å². The van der Waals surface area contributed by atoms with E-state index in [4.69, 9.17) is 5.73 Å². The van der Waals surface area contributed by atoms with Gasteiger partial charge in [0, 0.05) is 17.5 Å². The van der Waals surface area contributed by atoms with Crippen LogP contribution in [-0.4, -0.2) is 13.1 Å². The molecule has 4 nitrogen and oxygen atoms in total. The Bertz CT molecular complexity index is 424. The molecule has 71 valence electrons. The largest absolute Gasteiger partial charge is 0.465 e. The van der Waals surface area contributed by atoms with Gasteiger partial charge in [-0.15, -0.1) is 0 Å². The van der Waals surface area contributed by atoms with Gasteiger partial charge in [0.15, 0.2) is 0 Å². The molecular formula is C10H9N2O2. The first-order chi connectivity index (χ1) is 6.72. The van der Waals surface area contributed by atoms with E-state index in [0.29, 0.717) is 11.3 Å². The molecule has 2 rings (SSSR count). The van der Waals surface area contributed by atoms with E-state index in [1.165, 1.54) is 13.3 Å². The molecule has 0 saturated heterocycles. The van der Waals surface area contributed by atoms with Gasteiger partial charge >= 0.3 is 5.97 Å². The Morgan fingerprint density at radius 1 is 1.50 bits per heavy atom. The highest BCUT2D eigenvalue weighted by Gasteiger charge is 2.21. The first-order valence-electron chi connectivity index (χ1n) is 4.11. The van der Waals surface area contributed by atoms with Crippen LogP contribution in [0.1, 0.15) is 5.56 Å². The van der Waals surface area contributed by atoms with Crippen molar-refractivity contribution in [1.29, 1.82) is 0 Å². The third-order valence-corrected chi connectivity index (χ3v) is 2.05. The molecule has 4 heteroatoms. The summed E-state index contributed by atoms with van der Waals surface area (Å²) in [7, 11) is 1.34. The molecular weight excluding hydrogens is 180 g/mol. The van der Waals surface area contributed by atoms with Crippen molar-refractivity contribution >= 4 is 22.9 Å². The van der Waals surface area contributed by atoms with Gasteiger partial charge in [-0.05, 0) is 18.2 Å². The third kappa shape index (κ3) is 1.21. The minimum Gasteiger partial charge on any atom is -0.465 e. The molecule has 0 saturated carbocycles. The lowest BCUT2D eigenvalue weighted by Gasteiger charge is -2.02. The highest BCUT2D eigenvalue weighted by atomic mass is 16.5. The van der Waals surface area contributed by atoms with Crippen LogP contribution in [-0.2, 0) is 9.53 Å². The van der Waals surface area contributed by atoms with Gasteiger partial charge in [-0.25, -0.2) is 4.79 Å². The number of carbonyl (C=O) groups is 1. The number of ether oxygens (including phenoxy) is 1. The van der Waals surface area contributed by atoms with Crippen molar-refractivity contribution in [1.82, 2.24) is 5.32 Å². The highest BCUT2D eigenvalue weighted by molar-refractivity contribution is 6.19. The van der Waals surface area contributed by atoms with Crippen LogP contribution in [0.15, 0.2) is 24.4 Å². The number of rotatable bonds is 1. The van der Waals surface area contributed by atoms with Gasteiger partial charge in [0.1, 0.15) is 0 Å². The van der Waals surface area contributed by atoms with E-state index in [0.717, 1.165) is 11.3 Å². The molecule has 1 aromatic rings. The first-order valence-corrected chi connectivity index (χ1v) is 4.11. The van der Waals surface area contributed by atoms with E-state index in [-0.39, 0.29) is 0 Å². The maximum atomic E-state index is 11.3. The van der Waals surface area contributed by atoms with E-state index in [2.05, 4.69) is 10.1 Å². The normalized spacial score (nSPS) is 12.8. The molecule has 0 fully saturated rings. The fraction of sp³-hybridized carbons (Fsp3) is 0.100. The van der Waals surface area contributed by atoms with Crippen LogP contribution in [0.2, 0.25) is 0 Å². The summed E-state index contributed by atoms with van der Waals surface area (Å²) in [6, 6.07) is 5.24. The lowest BCUT2D eigenvalue weighted by Crippen LogP contribution is -2.02. The van der Waals surface area contributed by atoms with Crippen molar-refractivity contribution in [2.24, 2.45) is 0 Å². The van der Waals surface area contributed by atoms with Gasteiger partial charge in [0.05, 0.1) is 18.4 Å². The van der Waals surface area contributed by atoms with E-state index in [1.54, 1.807) is 18.2 Å². The van der Waals surface area contributed by atoms with Crippen LogP contribution in [0.3, 0.4) is 0 Å². The molecule has 0 bridgehead atoms. The number of esters is 1. The van der Waals surface area contributed by atoms with Crippen molar-refractivity contribution in [3.63, 3.8) is 0 Å². The lowest BCUT2D eigenvalue weighted by molar-refractivity contribution is -0.133. The summed E-state index contributed by atoms with van der Waals surface area (Å²) in [5, 5.41) is 4.07. The smallest absolute Gasteiger partial charge is 0.340 e. The van der Waals surface area contributed by atoms with E-state index in [1.807, 2.05) is 0 Å². The summed E-state index contributed by atoms with van der Waals surface area (Å²) in [6.45, 7) is 0. The summed E-state index contributed by atoms with van der Waals surface area (Å²) < 4.78 is 4.62. The fourth-order valence-corrected chi connectivity index (χ4v) is 1.36. The Hall–Kier alpha value is -1.97. The molecule has 14 heavy (non-hydrogen) atoms. The molecule has 0 aromatic heterocycles. The maximum absolute atomic E-state index is 11.3. The van der Waals surface area contributed by atoms with E-state index >= 15 is 0 Å². The van der Waals surface area contributed by atoms with E-state index in [9.17, 15) is 4.79 Å². The predicted octanol–water partition coefficient (Wildman–Crippen LogP) is 1.03. The van der Waals surface area contributed by atoms with Gasteiger partial charge in [-0.1, -0.05) is 0 Å². The van der Waals surface area contributed by atoms with Crippen molar-refractivity contribution in [3.8, 4) is 0 Å². The first kappa shape index (κ1) is 8.62. The van der Waals surface area contributed by atoms with Crippen LogP contribution < -0.4 is 11.1 Å². The molecule has 0 atom stereocenters. The number of methoxy groups -OCH3 is 1. The number of anilines is 1. The summed E-state index contributed by atoms with van der Waals surface area (Å²) in [5.41, 5.74) is 8.16. The number of fused-ring (bicyclic) bond motifs is 1. The molecule has 1 aliphatic rings. The van der Waals surface area contributed by atoms with Crippen molar-refractivity contribution < 1.29 is 9.53 Å². The SMILES string of the molecule is COC(=O)C1=C[N]c2ccc(N)cc21. The second-order valence-electron chi connectivity index (χ2n) is 2.94. The van der Waals surface area contributed by atoms with Crippen LogP contribution in [0.5, 0.6) is 0 Å². The minimum atomic E-state index is -0.391. The monoisotopic (exact) mass is 189 g/mol. The number of nitrogens with zero attached hydrogens (tertiary/aromatic N) is 1. The lowest BCUT2D eigenvalue weighted by atomic mass is 10.1. The van der Waals surface area contributed by atoms with Crippen LogP contribution in [0, 0.1) is 0 Å². The number of hydrogen-bond acceptors (Lipinski definition) is 3. The zero-order valence-corrected chi connectivity index (χ0v) is 7.65. The fourth-order valence-electron chi connectivity index (χ4n) is 1.36. The van der Waals surface area contributed by atoms with Crippen molar-refractivity contribution in [3.05, 3.63) is 30.0 Å². The predicted molar refractivity (Wildman–Crippen MR) is 52.6 cm³/mol. The van der Waals surface area contributed by atoms with Gasteiger partial charge in [0.2, 0.25) is 0 Å². The highest BCUT2D eigenvalue weighted by Crippen LogP contribution is 2.32. The molecule has 1 radical (unpaired) electrons. The zero-order chi connectivity index (χ0) is 10.1. The summed E-state index contributed by atoms with van der Waals surface area (Å²) in [6.07, 6.45) is 1.50. The van der Waals surface area contributed by atoms with Gasteiger partial charge in [0.25, 0.3) is 0 Å². The number of hydrogen-bond donors (Lipinski definition) is 1. The molecule has 1 heterocycles. The van der Waals surface area contributed by atoms with E-state index < -0.39 is 5.97 Å². The average molecular weight is 189 g/mol. The Kier molecular flexibility index (Phi) is 1.89. The maximum Gasteiger partial charge on any atom is 0.340 e. The topological polar surface area (TPSA) is 66.4 Å². The number of nitrogen functional groups attached to an aromatic ring is 1. The molecule has 0 unspecified atom stereocenters. The summed E-state index contributed by atoms with van der Waals surface area (Å²) in [4.78, 5) is 11.3. The van der Waals surface area contributed by atoms with Crippen molar-refractivity contribution in [2.45, 2.75) is 0 Å². The zero-order valence-electron chi connectivity index (χ0n) is 7.65. The van der Waals surface area contributed by atoms with Crippen LogP contribution in [0.4, 0.5) is 11.4 Å². The Morgan fingerprint density at radius 3 is 3.00 bits per heavy atom. The molecule has 1 aromatic carbocycles. The molecule has 0 spiro atoms.